The maximum Gasteiger partial charge on any atom is 0.136 e. The highest BCUT2D eigenvalue weighted by molar-refractivity contribution is 6.14. The smallest absolute Gasteiger partial charge is 0.136 e. The van der Waals surface area contributed by atoms with E-state index in [4.69, 9.17) is 4.42 Å². The lowest BCUT2D eigenvalue weighted by Crippen LogP contribution is -1.83. The summed E-state index contributed by atoms with van der Waals surface area (Å²) >= 11 is 0. The number of phenols is 1. The fraction of sp³-hybridized carbons (Fsp3) is 0. The van der Waals surface area contributed by atoms with Crippen molar-refractivity contribution in [2.75, 3.05) is 0 Å². The molecule has 0 fully saturated rings. The largest absolute Gasteiger partial charge is 0.508 e. The van der Waals surface area contributed by atoms with Gasteiger partial charge in [-0.1, -0.05) is 60.7 Å². The van der Waals surface area contributed by atoms with Crippen LogP contribution < -0.4 is 0 Å². The summed E-state index contributed by atoms with van der Waals surface area (Å²) in [5.41, 5.74) is 6.09. The minimum Gasteiger partial charge on any atom is -0.508 e. The molecule has 0 aliphatic carbocycles. The lowest BCUT2D eigenvalue weighted by molar-refractivity contribution is 0.476. The molecule has 0 saturated carbocycles. The number of hydrogen-bond acceptors (Lipinski definition) is 2. The number of benzene rings is 4. The zero-order chi connectivity index (χ0) is 17.5. The van der Waals surface area contributed by atoms with E-state index in [2.05, 4.69) is 36.4 Å². The molecule has 124 valence electrons. The third-order valence-corrected chi connectivity index (χ3v) is 4.75. The maximum absolute atomic E-state index is 9.96. The summed E-state index contributed by atoms with van der Waals surface area (Å²) in [6.45, 7) is 0. The van der Waals surface area contributed by atoms with Crippen LogP contribution in [0, 0.1) is 0 Å². The summed E-state index contributed by atoms with van der Waals surface area (Å²) in [5, 5.41) is 11.9. The second kappa shape index (κ2) is 5.78. The van der Waals surface area contributed by atoms with Gasteiger partial charge in [-0.05, 0) is 52.6 Å². The van der Waals surface area contributed by atoms with E-state index in [1.165, 1.54) is 0 Å². The Morgan fingerprint density at radius 2 is 1.27 bits per heavy atom. The Balaban J connectivity index is 1.91. The van der Waals surface area contributed by atoms with E-state index in [-0.39, 0.29) is 5.75 Å². The van der Waals surface area contributed by atoms with Crippen LogP contribution in [0.2, 0.25) is 0 Å². The minimum atomic E-state index is 0.242. The third kappa shape index (κ3) is 2.35. The summed E-state index contributed by atoms with van der Waals surface area (Å²) in [6.07, 6.45) is 0. The standard InChI is InChI=1S/C24H16O2/c25-19-11-12-22-21(15-19)24-20(17-9-5-2-6-10-17)13-18(14-23(24)26-22)16-7-3-1-4-8-16/h1-15,25H. The monoisotopic (exact) mass is 336 g/mol. The van der Waals surface area contributed by atoms with Gasteiger partial charge in [-0.2, -0.15) is 0 Å². The molecule has 0 unspecified atom stereocenters. The number of fused-ring (bicyclic) bond motifs is 3. The van der Waals surface area contributed by atoms with Gasteiger partial charge in [0.1, 0.15) is 16.9 Å². The van der Waals surface area contributed by atoms with E-state index < -0.39 is 0 Å². The highest BCUT2D eigenvalue weighted by Crippen LogP contribution is 2.40. The molecule has 2 nitrogen and oxygen atoms in total. The number of aromatic hydroxyl groups is 1. The third-order valence-electron chi connectivity index (χ3n) is 4.75. The van der Waals surface area contributed by atoms with Gasteiger partial charge in [0, 0.05) is 10.8 Å². The number of phenolic OH excluding ortho intramolecular Hbond substituents is 1. The molecule has 1 N–H and O–H groups in total. The quantitative estimate of drug-likeness (QED) is 0.393. The molecule has 0 atom stereocenters. The van der Waals surface area contributed by atoms with Crippen molar-refractivity contribution in [3.8, 4) is 28.0 Å². The Morgan fingerprint density at radius 3 is 2.00 bits per heavy atom. The Hall–Kier alpha value is -3.52. The van der Waals surface area contributed by atoms with Crippen molar-refractivity contribution in [3.63, 3.8) is 0 Å². The van der Waals surface area contributed by atoms with E-state index in [0.29, 0.717) is 0 Å². The van der Waals surface area contributed by atoms with Crippen LogP contribution in [-0.2, 0) is 0 Å². The van der Waals surface area contributed by atoms with Gasteiger partial charge in [-0.3, -0.25) is 0 Å². The van der Waals surface area contributed by atoms with Gasteiger partial charge in [-0.15, -0.1) is 0 Å². The first-order valence-corrected chi connectivity index (χ1v) is 8.60. The second-order valence-corrected chi connectivity index (χ2v) is 6.41. The van der Waals surface area contributed by atoms with Crippen molar-refractivity contribution in [3.05, 3.63) is 91.0 Å². The molecular formula is C24H16O2. The molecule has 4 aromatic carbocycles. The van der Waals surface area contributed by atoms with Gasteiger partial charge in [-0.25, -0.2) is 0 Å². The van der Waals surface area contributed by atoms with Gasteiger partial charge in [0.25, 0.3) is 0 Å². The molecule has 2 heteroatoms. The van der Waals surface area contributed by atoms with Crippen molar-refractivity contribution in [2.24, 2.45) is 0 Å². The maximum atomic E-state index is 9.96. The number of hydrogen-bond donors (Lipinski definition) is 1. The predicted octanol–water partition coefficient (Wildman–Crippen LogP) is 6.63. The van der Waals surface area contributed by atoms with Crippen LogP contribution in [0.4, 0.5) is 0 Å². The van der Waals surface area contributed by atoms with Crippen LogP contribution in [0.3, 0.4) is 0 Å². The normalized spacial score (nSPS) is 11.2. The SMILES string of the molecule is Oc1ccc2oc3cc(-c4ccccc4)cc(-c4ccccc4)c3c2c1. The first-order chi connectivity index (χ1) is 12.8. The Bertz CT molecular complexity index is 1220. The van der Waals surface area contributed by atoms with Crippen LogP contribution in [0.5, 0.6) is 5.75 Å². The minimum absolute atomic E-state index is 0.242. The molecular weight excluding hydrogens is 320 g/mol. The van der Waals surface area contributed by atoms with Gasteiger partial charge in [0.2, 0.25) is 0 Å². The van der Waals surface area contributed by atoms with E-state index in [1.807, 2.05) is 42.5 Å². The van der Waals surface area contributed by atoms with E-state index in [0.717, 1.165) is 44.2 Å². The van der Waals surface area contributed by atoms with Crippen molar-refractivity contribution >= 4 is 21.9 Å². The van der Waals surface area contributed by atoms with E-state index in [1.54, 1.807) is 12.1 Å². The Kier molecular flexibility index (Phi) is 3.29. The van der Waals surface area contributed by atoms with Crippen molar-refractivity contribution in [1.29, 1.82) is 0 Å². The number of furan rings is 1. The molecule has 0 saturated heterocycles. The van der Waals surface area contributed by atoms with E-state index in [9.17, 15) is 5.11 Å². The Labute approximate surface area is 150 Å². The molecule has 26 heavy (non-hydrogen) atoms. The summed E-state index contributed by atoms with van der Waals surface area (Å²) in [4.78, 5) is 0. The molecule has 0 spiro atoms. The van der Waals surface area contributed by atoms with Gasteiger partial charge < -0.3 is 9.52 Å². The summed E-state index contributed by atoms with van der Waals surface area (Å²) in [7, 11) is 0. The van der Waals surface area contributed by atoms with Gasteiger partial charge >= 0.3 is 0 Å². The molecule has 0 aliphatic rings. The summed E-state index contributed by atoms with van der Waals surface area (Å²) in [5.74, 6) is 0.242. The zero-order valence-corrected chi connectivity index (χ0v) is 14.0. The van der Waals surface area contributed by atoms with E-state index >= 15 is 0 Å². The zero-order valence-electron chi connectivity index (χ0n) is 14.0. The first kappa shape index (κ1) is 14.8. The highest BCUT2D eigenvalue weighted by atomic mass is 16.3. The van der Waals surface area contributed by atoms with Gasteiger partial charge in [0.05, 0.1) is 0 Å². The van der Waals surface area contributed by atoms with Crippen molar-refractivity contribution in [2.45, 2.75) is 0 Å². The van der Waals surface area contributed by atoms with Crippen molar-refractivity contribution in [1.82, 2.24) is 0 Å². The van der Waals surface area contributed by atoms with Crippen LogP contribution in [0.25, 0.3) is 44.2 Å². The molecule has 0 amide bonds. The lowest BCUT2D eigenvalue weighted by atomic mass is 9.94. The average Bonchev–Trinajstić information content (AvgIpc) is 3.06. The van der Waals surface area contributed by atoms with Crippen LogP contribution in [-0.4, -0.2) is 5.11 Å². The first-order valence-electron chi connectivity index (χ1n) is 8.60. The number of rotatable bonds is 2. The molecule has 0 aliphatic heterocycles. The molecule has 1 aromatic heterocycles. The molecule has 5 rings (SSSR count). The molecule has 0 bridgehead atoms. The fourth-order valence-corrected chi connectivity index (χ4v) is 3.54. The van der Waals surface area contributed by atoms with Crippen LogP contribution in [0.15, 0.2) is 95.4 Å². The van der Waals surface area contributed by atoms with Gasteiger partial charge in [0.15, 0.2) is 0 Å². The summed E-state index contributed by atoms with van der Waals surface area (Å²) in [6, 6.07) is 30.1. The van der Waals surface area contributed by atoms with Crippen molar-refractivity contribution < 1.29 is 9.52 Å². The average molecular weight is 336 g/mol. The highest BCUT2D eigenvalue weighted by Gasteiger charge is 2.15. The lowest BCUT2D eigenvalue weighted by Gasteiger charge is -2.08. The fourth-order valence-electron chi connectivity index (χ4n) is 3.54. The second-order valence-electron chi connectivity index (χ2n) is 6.41. The Morgan fingerprint density at radius 1 is 0.577 bits per heavy atom. The molecule has 0 radical (unpaired) electrons. The van der Waals surface area contributed by atoms with Crippen LogP contribution in [0.1, 0.15) is 0 Å². The topological polar surface area (TPSA) is 33.4 Å². The predicted molar refractivity (Wildman–Crippen MR) is 106 cm³/mol. The molecule has 1 heterocycles. The summed E-state index contributed by atoms with van der Waals surface area (Å²) < 4.78 is 6.12. The molecule has 5 aromatic rings. The van der Waals surface area contributed by atoms with Crippen LogP contribution >= 0.6 is 0 Å².